The third-order valence-electron chi connectivity index (χ3n) is 14.5. The van der Waals surface area contributed by atoms with Crippen LogP contribution in [0.3, 0.4) is 0 Å². The molecule has 9 rings (SSSR count). The van der Waals surface area contributed by atoms with Crippen LogP contribution >= 0.6 is 0 Å². The second-order valence-corrected chi connectivity index (χ2v) is 19.4. The molecule has 9 heteroatoms. The van der Waals surface area contributed by atoms with Gasteiger partial charge < -0.3 is 24.2 Å². The highest BCUT2D eigenvalue weighted by molar-refractivity contribution is 6.10. The molecule has 1 amide bonds. The molecule has 0 aromatic heterocycles. The van der Waals surface area contributed by atoms with Crippen molar-refractivity contribution in [2.45, 2.75) is 154 Å². The van der Waals surface area contributed by atoms with Crippen LogP contribution in [0.2, 0.25) is 0 Å². The second-order valence-electron chi connectivity index (χ2n) is 19.4. The smallest absolute Gasteiger partial charge is 0.249 e. The number of hydrogen-bond acceptors (Lipinski definition) is 8. The number of piperidine rings is 2. The van der Waals surface area contributed by atoms with Crippen LogP contribution in [0.15, 0.2) is 41.0 Å². The monoisotopic (exact) mass is 780 g/mol. The molecule has 1 N–H and O–H groups in total. The summed E-state index contributed by atoms with van der Waals surface area (Å²) in [6, 6.07) is -0.387. The number of ether oxygens (including phenoxy) is 3. The maximum absolute atomic E-state index is 15.9. The molecule has 57 heavy (non-hydrogen) atoms. The number of nitrogens with zero attached hydrogens (tertiary/aromatic N) is 2. The van der Waals surface area contributed by atoms with Gasteiger partial charge in [0.2, 0.25) is 5.91 Å². The Kier molecular flexibility index (Phi) is 10.2. The number of phenolic OH excluding ortho intramolecular Hbond substituents is 1. The summed E-state index contributed by atoms with van der Waals surface area (Å²) in [5.74, 6) is -1.05. The number of benzene rings is 1. The molecule has 5 heterocycles. The van der Waals surface area contributed by atoms with Crippen LogP contribution in [0, 0.1) is 17.8 Å². The van der Waals surface area contributed by atoms with E-state index < -0.39 is 34.2 Å². The minimum Gasteiger partial charge on any atom is -0.506 e. The third kappa shape index (κ3) is 6.27. The molecule has 4 bridgehead atoms. The van der Waals surface area contributed by atoms with Gasteiger partial charge in [0.1, 0.15) is 28.4 Å². The fraction of sp³-hybridized carbons (Fsp3) is 0.646. The Bertz CT molecular complexity index is 1970. The van der Waals surface area contributed by atoms with E-state index in [1.807, 2.05) is 57.7 Å². The first-order valence-corrected chi connectivity index (χ1v) is 21.8. The number of carbonyl (C=O) groups excluding carboxylic acids is 3. The summed E-state index contributed by atoms with van der Waals surface area (Å²) in [7, 11) is 0. The number of fused-ring (bicyclic) bond motifs is 2. The quantitative estimate of drug-likeness (QED) is 0.196. The zero-order valence-electron chi connectivity index (χ0n) is 35.6. The molecule has 6 fully saturated rings. The number of carbonyl (C=O) groups is 3. The van der Waals surface area contributed by atoms with Crippen molar-refractivity contribution in [1.82, 2.24) is 9.80 Å². The first-order chi connectivity index (χ1) is 27.0. The Balaban J connectivity index is 1.33. The van der Waals surface area contributed by atoms with E-state index in [9.17, 15) is 9.90 Å². The summed E-state index contributed by atoms with van der Waals surface area (Å²) in [6.07, 6.45) is 19.0. The van der Waals surface area contributed by atoms with E-state index in [0.717, 1.165) is 83.1 Å². The third-order valence-corrected chi connectivity index (χ3v) is 14.5. The lowest BCUT2D eigenvalue weighted by Crippen LogP contribution is -2.82. The number of ketones is 2. The van der Waals surface area contributed by atoms with Crippen LogP contribution in [0.5, 0.6) is 17.2 Å². The predicted octanol–water partition coefficient (Wildman–Crippen LogP) is 8.71. The van der Waals surface area contributed by atoms with E-state index in [4.69, 9.17) is 14.2 Å². The van der Waals surface area contributed by atoms with Crippen molar-refractivity contribution in [3.63, 3.8) is 0 Å². The van der Waals surface area contributed by atoms with Gasteiger partial charge in [0.25, 0.3) is 0 Å². The van der Waals surface area contributed by atoms with Gasteiger partial charge in [0.05, 0.1) is 17.1 Å². The van der Waals surface area contributed by atoms with E-state index >= 15 is 9.59 Å². The molecule has 1 aromatic carbocycles. The maximum atomic E-state index is 15.9. The molecule has 3 saturated carbocycles. The standard InChI is InChI=1S/C48H64N2O7/c1-29(2)16-15-21-46(8)22-20-32-39(51)36-40(52)37-38(49-24-11-9-12-25-49)34-28-35-45(6,7)57-47(43(34)53,23-19-31(5)44(54)50-26-13-10-14-27-50)48(35,37)56-42(36)33(41(32)55-46)18-17-30(3)4/h16-17,19-20,22,34-35,37-38,51H,9-15,18,21,23-28H2,1-8H3. The van der Waals surface area contributed by atoms with E-state index in [-0.39, 0.29) is 47.2 Å². The highest BCUT2D eigenvalue weighted by atomic mass is 16.6. The molecule has 9 nitrogen and oxygen atoms in total. The number of aromatic hydroxyl groups is 1. The van der Waals surface area contributed by atoms with Crippen LogP contribution in [0.4, 0.5) is 0 Å². The number of hydrogen-bond donors (Lipinski definition) is 1. The van der Waals surface area contributed by atoms with Crippen LogP contribution < -0.4 is 9.47 Å². The highest BCUT2D eigenvalue weighted by Crippen LogP contribution is 2.71. The molecular formula is C48H64N2O7. The van der Waals surface area contributed by atoms with Crippen molar-refractivity contribution < 1.29 is 33.7 Å². The zero-order chi connectivity index (χ0) is 40.7. The van der Waals surface area contributed by atoms with E-state index in [1.54, 1.807) is 0 Å². The Morgan fingerprint density at radius 3 is 2.21 bits per heavy atom. The van der Waals surface area contributed by atoms with Crippen LogP contribution in [0.1, 0.15) is 141 Å². The van der Waals surface area contributed by atoms with Crippen molar-refractivity contribution >= 4 is 23.5 Å². The van der Waals surface area contributed by atoms with Gasteiger partial charge in [0, 0.05) is 48.5 Å². The molecule has 3 saturated heterocycles. The predicted molar refractivity (Wildman–Crippen MR) is 222 cm³/mol. The molecule has 0 radical (unpaired) electrons. The average Bonchev–Trinajstić information content (AvgIpc) is 3.32. The van der Waals surface area contributed by atoms with Crippen molar-refractivity contribution in [2.24, 2.45) is 17.8 Å². The van der Waals surface area contributed by atoms with Gasteiger partial charge in [-0.1, -0.05) is 35.8 Å². The normalized spacial score (nSPS) is 33.8. The van der Waals surface area contributed by atoms with Gasteiger partial charge in [-0.15, -0.1) is 0 Å². The highest BCUT2D eigenvalue weighted by Gasteiger charge is 2.85. The largest absolute Gasteiger partial charge is 0.506 e. The molecule has 1 aromatic rings. The van der Waals surface area contributed by atoms with Gasteiger partial charge >= 0.3 is 0 Å². The maximum Gasteiger partial charge on any atom is 0.249 e. The van der Waals surface area contributed by atoms with Gasteiger partial charge in [-0.05, 0) is 138 Å². The van der Waals surface area contributed by atoms with Crippen LogP contribution in [-0.4, -0.2) is 87.0 Å². The van der Waals surface area contributed by atoms with E-state index in [2.05, 4.69) is 37.8 Å². The molecule has 308 valence electrons. The lowest BCUT2D eigenvalue weighted by molar-refractivity contribution is -0.214. The second kappa shape index (κ2) is 14.5. The van der Waals surface area contributed by atoms with Crippen LogP contribution in [0.25, 0.3) is 6.08 Å². The molecule has 1 spiro atoms. The lowest BCUT2D eigenvalue weighted by atomic mass is 9.44. The molecule has 8 aliphatic rings. The Hall–Kier alpha value is -3.69. The fourth-order valence-electron chi connectivity index (χ4n) is 11.8. The van der Waals surface area contributed by atoms with Crippen molar-refractivity contribution in [3.05, 3.63) is 57.7 Å². The topological polar surface area (TPSA) is 106 Å². The number of likely N-dealkylation sites (tertiary alicyclic amines) is 2. The number of rotatable bonds is 9. The SMILES string of the molecule is CC(C)=CCCC1(C)C=Cc2c(O)c3c(c(CC=C(C)C)c2O1)OC12C(C3=O)C(N3CCCCC3)C3CC1C(C)(C)OC2(CC=C(C)C(=O)N1CCCCC1)C3=O. The van der Waals surface area contributed by atoms with E-state index in [0.29, 0.717) is 41.0 Å². The van der Waals surface area contributed by atoms with Crippen LogP contribution in [-0.2, 0) is 20.7 Å². The lowest BCUT2D eigenvalue weighted by Gasteiger charge is -2.64. The average molecular weight is 781 g/mol. The summed E-state index contributed by atoms with van der Waals surface area (Å²) < 4.78 is 21.8. The van der Waals surface area contributed by atoms with Crippen molar-refractivity contribution in [1.29, 1.82) is 0 Å². The molecular weight excluding hydrogens is 717 g/mol. The Morgan fingerprint density at radius 2 is 1.54 bits per heavy atom. The number of allylic oxidation sites excluding steroid dienone is 4. The summed E-state index contributed by atoms with van der Waals surface area (Å²) in [5.41, 5.74) is -0.0724. The van der Waals surface area contributed by atoms with Crippen molar-refractivity contribution in [2.75, 3.05) is 26.2 Å². The molecule has 7 unspecified atom stereocenters. The summed E-state index contributed by atoms with van der Waals surface area (Å²) in [6.45, 7) is 19.3. The number of phenols is 1. The first kappa shape index (κ1) is 40.1. The molecule has 5 aliphatic heterocycles. The van der Waals surface area contributed by atoms with Gasteiger partial charge in [0.15, 0.2) is 22.8 Å². The Morgan fingerprint density at radius 1 is 0.877 bits per heavy atom. The molecule has 7 atom stereocenters. The number of Topliss-reactive ketones (excluding diaryl/α,β-unsaturated/α-hetero) is 2. The minimum atomic E-state index is -1.52. The Labute approximate surface area is 339 Å². The minimum absolute atomic E-state index is 0.0158. The summed E-state index contributed by atoms with van der Waals surface area (Å²) in [5, 5.41) is 12.3. The fourth-order valence-corrected chi connectivity index (χ4v) is 11.8. The first-order valence-electron chi connectivity index (χ1n) is 21.8. The van der Waals surface area contributed by atoms with Gasteiger partial charge in [-0.3, -0.25) is 19.3 Å². The van der Waals surface area contributed by atoms with Gasteiger partial charge in [-0.2, -0.15) is 0 Å². The molecule has 3 aliphatic carbocycles. The number of amides is 1. The van der Waals surface area contributed by atoms with Crippen molar-refractivity contribution in [3.8, 4) is 17.2 Å². The van der Waals surface area contributed by atoms with E-state index in [1.165, 1.54) is 5.57 Å². The summed E-state index contributed by atoms with van der Waals surface area (Å²) >= 11 is 0. The zero-order valence-corrected chi connectivity index (χ0v) is 35.6. The summed E-state index contributed by atoms with van der Waals surface area (Å²) in [4.78, 5) is 49.4. The van der Waals surface area contributed by atoms with Gasteiger partial charge in [-0.25, -0.2) is 0 Å².